The lowest BCUT2D eigenvalue weighted by atomic mass is 9.63. The minimum absolute atomic E-state index is 0.0291. The van der Waals surface area contributed by atoms with Crippen LogP contribution in [0.15, 0.2) is 7.57 Å². The molecule has 4 rings (SSSR count). The van der Waals surface area contributed by atoms with E-state index in [1.807, 2.05) is 0 Å². The van der Waals surface area contributed by atoms with Gasteiger partial charge in [0.2, 0.25) is 0 Å². The Morgan fingerprint density at radius 1 is 1.22 bits per heavy atom. The Morgan fingerprint density at radius 3 is 2.70 bits per heavy atom. The lowest BCUT2D eigenvalue weighted by Crippen LogP contribution is -2.48. The monoisotopic (exact) mass is 479 g/mol. The first-order chi connectivity index (χ1) is 11.0. The van der Waals surface area contributed by atoms with Crippen molar-refractivity contribution < 1.29 is 14.0 Å². The van der Waals surface area contributed by atoms with Crippen LogP contribution in [0.25, 0.3) is 10.1 Å². The number of amides is 1. The molecular weight excluding hydrogens is 469 g/mol. The van der Waals surface area contributed by atoms with Gasteiger partial charge in [-0.3, -0.25) is 9.59 Å². The molecule has 0 bridgehead atoms. The van der Waals surface area contributed by atoms with E-state index >= 15 is 0 Å². The van der Waals surface area contributed by atoms with Gasteiger partial charge in [-0.25, -0.2) is 4.39 Å². The first kappa shape index (κ1) is 16.2. The van der Waals surface area contributed by atoms with Gasteiger partial charge in [-0.15, -0.1) is 22.7 Å². The highest BCUT2D eigenvalue weighted by Crippen LogP contribution is 2.46. The zero-order valence-electron chi connectivity index (χ0n) is 11.8. The summed E-state index contributed by atoms with van der Waals surface area (Å²) in [4.78, 5) is 24.2. The van der Waals surface area contributed by atoms with E-state index in [0.29, 0.717) is 33.7 Å². The van der Waals surface area contributed by atoms with E-state index in [2.05, 4.69) is 37.2 Å². The molecule has 0 aliphatic heterocycles. The predicted molar refractivity (Wildman–Crippen MR) is 96.8 cm³/mol. The molecule has 23 heavy (non-hydrogen) atoms. The highest BCUT2D eigenvalue weighted by Gasteiger charge is 2.44. The van der Waals surface area contributed by atoms with Gasteiger partial charge in [0.15, 0.2) is 5.82 Å². The fraction of sp³-hybridized carbons (Fsp3) is 0.467. The number of hydrogen-bond donors (Lipinski definition) is 1. The molecule has 2 aromatic rings. The molecule has 122 valence electrons. The summed E-state index contributed by atoms with van der Waals surface area (Å²) in [7, 11) is 0. The van der Waals surface area contributed by atoms with Crippen LogP contribution in [0.1, 0.15) is 35.4 Å². The number of hydrogen-bond acceptors (Lipinski definition) is 4. The minimum Gasteiger partial charge on any atom is -0.348 e. The summed E-state index contributed by atoms with van der Waals surface area (Å²) in [6.45, 7) is 0. The molecule has 3 atom stereocenters. The van der Waals surface area contributed by atoms with Crippen LogP contribution >= 0.6 is 54.5 Å². The van der Waals surface area contributed by atoms with Crippen LogP contribution in [-0.2, 0) is 4.79 Å². The number of fused-ring (bicyclic) bond motifs is 2. The number of carbonyl (C=O) groups is 2. The highest BCUT2D eigenvalue weighted by molar-refractivity contribution is 9.12. The largest absolute Gasteiger partial charge is 0.348 e. The second-order valence-electron chi connectivity index (χ2n) is 6.12. The van der Waals surface area contributed by atoms with Crippen molar-refractivity contribution in [1.29, 1.82) is 0 Å². The molecule has 0 radical (unpaired) electrons. The molecule has 3 nitrogen and oxygen atoms in total. The van der Waals surface area contributed by atoms with Crippen molar-refractivity contribution in [2.75, 3.05) is 0 Å². The Hall–Kier alpha value is -0.310. The number of halogens is 3. The van der Waals surface area contributed by atoms with Gasteiger partial charge in [0, 0.05) is 18.4 Å². The molecule has 1 N–H and O–H groups in total. The smallest absolute Gasteiger partial charge is 0.264 e. The number of nitrogens with one attached hydrogen (secondary N) is 1. The third kappa shape index (κ3) is 2.62. The molecule has 8 heteroatoms. The summed E-state index contributed by atoms with van der Waals surface area (Å²) >= 11 is 9.31. The molecule has 2 heterocycles. The van der Waals surface area contributed by atoms with Gasteiger partial charge >= 0.3 is 0 Å². The van der Waals surface area contributed by atoms with E-state index in [1.54, 1.807) is 0 Å². The number of carbonyl (C=O) groups excluding carboxylic acids is 2. The molecule has 2 saturated carbocycles. The average Bonchev–Trinajstić information content (AvgIpc) is 2.98. The molecule has 0 spiro atoms. The number of ketones is 1. The molecule has 1 amide bonds. The zero-order valence-corrected chi connectivity index (χ0v) is 16.6. The second kappa shape index (κ2) is 5.89. The van der Waals surface area contributed by atoms with Gasteiger partial charge in [-0.2, -0.15) is 0 Å². The molecule has 2 aromatic heterocycles. The number of thiophene rings is 2. The van der Waals surface area contributed by atoms with Crippen molar-refractivity contribution in [3.05, 3.63) is 18.3 Å². The SMILES string of the molecule is O=C(NC1CCC2CC(=O)C2C1)c1sc2c(Br)sc(Br)c2c1F. The fourth-order valence-electron chi connectivity index (χ4n) is 3.55. The van der Waals surface area contributed by atoms with Crippen LogP contribution in [0.3, 0.4) is 0 Å². The molecular formula is C15H12Br2FNO2S2. The van der Waals surface area contributed by atoms with E-state index < -0.39 is 5.82 Å². The molecule has 3 unspecified atom stereocenters. The molecule has 2 aliphatic carbocycles. The maximum absolute atomic E-state index is 14.6. The summed E-state index contributed by atoms with van der Waals surface area (Å²) < 4.78 is 16.8. The van der Waals surface area contributed by atoms with Gasteiger partial charge in [0.05, 0.1) is 17.7 Å². The Labute approximate surface area is 156 Å². The topological polar surface area (TPSA) is 46.2 Å². The van der Waals surface area contributed by atoms with Crippen LogP contribution in [0, 0.1) is 17.7 Å². The lowest BCUT2D eigenvalue weighted by Gasteiger charge is -2.42. The Kier molecular flexibility index (Phi) is 4.14. The minimum atomic E-state index is -0.468. The van der Waals surface area contributed by atoms with Crippen molar-refractivity contribution >= 4 is 76.3 Å². The van der Waals surface area contributed by atoms with E-state index in [4.69, 9.17) is 0 Å². The summed E-state index contributed by atoms with van der Waals surface area (Å²) in [6.07, 6.45) is 3.24. The van der Waals surface area contributed by atoms with Crippen molar-refractivity contribution in [1.82, 2.24) is 5.32 Å². The van der Waals surface area contributed by atoms with E-state index in [1.165, 1.54) is 11.3 Å². The normalized spacial score (nSPS) is 26.9. The Bertz CT molecular complexity index is 831. The first-order valence-electron chi connectivity index (χ1n) is 7.35. The van der Waals surface area contributed by atoms with Crippen molar-refractivity contribution in [3.8, 4) is 0 Å². The van der Waals surface area contributed by atoms with Crippen molar-refractivity contribution in [2.24, 2.45) is 11.8 Å². The third-order valence-electron chi connectivity index (χ3n) is 4.82. The van der Waals surface area contributed by atoms with E-state index in [0.717, 1.165) is 32.7 Å². The van der Waals surface area contributed by atoms with Crippen molar-refractivity contribution in [2.45, 2.75) is 31.7 Å². The van der Waals surface area contributed by atoms with E-state index in [-0.39, 0.29) is 22.7 Å². The molecule has 0 saturated heterocycles. The van der Waals surface area contributed by atoms with Gasteiger partial charge in [-0.05, 0) is 57.0 Å². The van der Waals surface area contributed by atoms with Crippen LogP contribution < -0.4 is 5.32 Å². The lowest BCUT2D eigenvalue weighted by molar-refractivity contribution is -0.136. The standard InChI is InChI=1S/C15H12Br2FNO2S2/c16-13-9-10(18)12(22-11(9)14(17)23-13)15(21)19-6-2-1-5-3-8(20)7(5)4-6/h5-7H,1-4H2,(H,19,21). The quantitative estimate of drug-likeness (QED) is 0.648. The maximum atomic E-state index is 14.6. The molecule has 2 aliphatic rings. The summed E-state index contributed by atoms with van der Waals surface area (Å²) in [5, 5.41) is 3.39. The zero-order chi connectivity index (χ0) is 16.3. The average molecular weight is 481 g/mol. The van der Waals surface area contributed by atoms with Gasteiger partial charge in [-0.1, -0.05) is 0 Å². The van der Waals surface area contributed by atoms with Gasteiger partial charge in [0.25, 0.3) is 5.91 Å². The third-order valence-corrected chi connectivity index (χ3v) is 8.92. The molecule has 0 aromatic carbocycles. The first-order valence-corrected chi connectivity index (χ1v) is 10.6. The van der Waals surface area contributed by atoms with Crippen LogP contribution in [-0.4, -0.2) is 17.7 Å². The highest BCUT2D eigenvalue weighted by atomic mass is 79.9. The van der Waals surface area contributed by atoms with Crippen LogP contribution in [0.5, 0.6) is 0 Å². The number of Topliss-reactive ketones (excluding diaryl/α,β-unsaturated/α-hetero) is 1. The van der Waals surface area contributed by atoms with Gasteiger partial charge < -0.3 is 5.32 Å². The van der Waals surface area contributed by atoms with Crippen LogP contribution in [0.2, 0.25) is 0 Å². The fourth-order valence-corrected chi connectivity index (χ4v) is 8.00. The summed E-state index contributed by atoms with van der Waals surface area (Å²) in [6, 6.07) is -0.0291. The van der Waals surface area contributed by atoms with Crippen molar-refractivity contribution in [3.63, 3.8) is 0 Å². The van der Waals surface area contributed by atoms with E-state index in [9.17, 15) is 14.0 Å². The molecule has 2 fully saturated rings. The van der Waals surface area contributed by atoms with Gasteiger partial charge in [0.1, 0.15) is 10.7 Å². The Balaban J connectivity index is 1.54. The summed E-state index contributed by atoms with van der Waals surface area (Å²) in [5.41, 5.74) is 0. The Morgan fingerprint density at radius 2 is 2.00 bits per heavy atom. The maximum Gasteiger partial charge on any atom is 0.264 e. The van der Waals surface area contributed by atoms with Crippen LogP contribution in [0.4, 0.5) is 4.39 Å². The predicted octanol–water partition coefficient (Wildman–Crippen LogP) is 5.11. The number of rotatable bonds is 2. The summed E-state index contributed by atoms with van der Waals surface area (Å²) in [5.74, 6) is 0.0800. The second-order valence-corrected chi connectivity index (χ2v) is 10.8.